The van der Waals surface area contributed by atoms with Gasteiger partial charge in [0, 0.05) is 6.04 Å². The van der Waals surface area contributed by atoms with Crippen LogP contribution in [-0.4, -0.2) is 18.8 Å². The lowest BCUT2D eigenvalue weighted by atomic mass is 9.73. The van der Waals surface area contributed by atoms with E-state index in [4.69, 9.17) is 0 Å². The molecule has 0 spiro atoms. The molecule has 0 radical (unpaired) electrons. The van der Waals surface area contributed by atoms with Crippen molar-refractivity contribution in [1.29, 1.82) is 0 Å². The summed E-state index contributed by atoms with van der Waals surface area (Å²) < 4.78 is 39.3. The molecule has 0 aromatic heterocycles. The van der Waals surface area contributed by atoms with Crippen LogP contribution in [0.4, 0.5) is 13.2 Å². The number of halogens is 3. The molecule has 1 N–H and O–H groups in total. The summed E-state index contributed by atoms with van der Waals surface area (Å²) in [5.41, 5.74) is 0. The van der Waals surface area contributed by atoms with E-state index in [0.29, 0.717) is 6.42 Å². The van der Waals surface area contributed by atoms with Crippen molar-refractivity contribution in [2.24, 2.45) is 11.8 Å². The van der Waals surface area contributed by atoms with Crippen LogP contribution in [0.15, 0.2) is 0 Å². The van der Waals surface area contributed by atoms with Crippen LogP contribution in [-0.2, 0) is 0 Å². The van der Waals surface area contributed by atoms with Crippen molar-refractivity contribution >= 4 is 0 Å². The van der Waals surface area contributed by atoms with Gasteiger partial charge in [-0.1, -0.05) is 39.5 Å². The molecule has 108 valence electrons. The van der Waals surface area contributed by atoms with Crippen LogP contribution in [0.2, 0.25) is 0 Å². The average Bonchev–Trinajstić information content (AvgIpc) is 2.33. The summed E-state index contributed by atoms with van der Waals surface area (Å²) in [5.74, 6) is -1.31. The quantitative estimate of drug-likeness (QED) is 0.744. The van der Waals surface area contributed by atoms with Gasteiger partial charge in [-0.15, -0.1) is 0 Å². The first kappa shape index (κ1) is 15.8. The van der Waals surface area contributed by atoms with E-state index in [1.165, 1.54) is 0 Å². The van der Waals surface area contributed by atoms with Crippen LogP contribution in [0.1, 0.15) is 58.8 Å². The Kier molecular flexibility index (Phi) is 6.47. The zero-order valence-electron chi connectivity index (χ0n) is 11.5. The number of alkyl halides is 3. The van der Waals surface area contributed by atoms with Gasteiger partial charge in [0.1, 0.15) is 0 Å². The molecule has 0 aromatic rings. The Balaban J connectivity index is 2.71. The minimum absolute atomic E-state index is 0.0434. The van der Waals surface area contributed by atoms with Crippen molar-refractivity contribution in [2.45, 2.75) is 71.0 Å². The van der Waals surface area contributed by atoms with Gasteiger partial charge in [-0.05, 0) is 31.7 Å². The lowest BCUT2D eigenvalue weighted by molar-refractivity contribution is -0.199. The molecule has 1 saturated carbocycles. The Morgan fingerprint density at radius 1 is 1.17 bits per heavy atom. The third-order valence-electron chi connectivity index (χ3n) is 4.09. The van der Waals surface area contributed by atoms with Crippen molar-refractivity contribution in [3.05, 3.63) is 0 Å². The highest BCUT2D eigenvalue weighted by atomic mass is 19.4. The van der Waals surface area contributed by atoms with Gasteiger partial charge < -0.3 is 5.32 Å². The molecule has 18 heavy (non-hydrogen) atoms. The molecule has 0 amide bonds. The summed E-state index contributed by atoms with van der Waals surface area (Å²) in [6.07, 6.45) is 1.64. The number of nitrogens with one attached hydrogen (secondary N) is 1. The normalized spacial score (nSPS) is 27.2. The molecule has 4 heteroatoms. The zero-order chi connectivity index (χ0) is 13.6. The smallest absolute Gasteiger partial charge is 0.314 e. The lowest BCUT2D eigenvalue weighted by Gasteiger charge is -2.38. The summed E-state index contributed by atoms with van der Waals surface area (Å²) >= 11 is 0. The van der Waals surface area contributed by atoms with Gasteiger partial charge in [0.25, 0.3) is 0 Å². The molecule has 3 unspecified atom stereocenters. The fourth-order valence-corrected chi connectivity index (χ4v) is 3.20. The van der Waals surface area contributed by atoms with Gasteiger partial charge in [-0.2, -0.15) is 13.2 Å². The highest BCUT2D eigenvalue weighted by molar-refractivity contribution is 4.88. The number of hydrogen-bond acceptors (Lipinski definition) is 1. The van der Waals surface area contributed by atoms with Crippen LogP contribution in [0.3, 0.4) is 0 Å². The van der Waals surface area contributed by atoms with E-state index in [0.717, 1.165) is 45.1 Å². The molecule has 0 aliphatic heterocycles. The maximum atomic E-state index is 13.1. The molecule has 0 bridgehead atoms. The van der Waals surface area contributed by atoms with E-state index >= 15 is 0 Å². The van der Waals surface area contributed by atoms with Crippen LogP contribution in [0, 0.1) is 11.8 Å². The van der Waals surface area contributed by atoms with Crippen LogP contribution >= 0.6 is 0 Å². The van der Waals surface area contributed by atoms with Gasteiger partial charge in [0.05, 0.1) is 5.92 Å². The Labute approximate surface area is 109 Å². The third kappa shape index (κ3) is 4.45. The summed E-state index contributed by atoms with van der Waals surface area (Å²) in [5, 5.41) is 3.29. The van der Waals surface area contributed by atoms with Gasteiger partial charge in [-0.25, -0.2) is 0 Å². The van der Waals surface area contributed by atoms with Crippen molar-refractivity contribution in [1.82, 2.24) is 5.32 Å². The summed E-state index contributed by atoms with van der Waals surface area (Å²) in [4.78, 5) is 0. The van der Waals surface area contributed by atoms with Gasteiger partial charge >= 0.3 is 6.18 Å². The average molecular weight is 265 g/mol. The van der Waals surface area contributed by atoms with E-state index < -0.39 is 12.1 Å². The predicted molar refractivity (Wildman–Crippen MR) is 68.5 cm³/mol. The number of unbranched alkanes of at least 4 members (excludes halogenated alkanes) is 1. The monoisotopic (exact) mass is 265 g/mol. The lowest BCUT2D eigenvalue weighted by Crippen LogP contribution is -2.45. The molecule has 1 nitrogen and oxygen atoms in total. The molecule has 3 atom stereocenters. The molecule has 1 rings (SSSR count). The molecular weight excluding hydrogens is 239 g/mol. The third-order valence-corrected chi connectivity index (χ3v) is 4.09. The van der Waals surface area contributed by atoms with Crippen LogP contribution < -0.4 is 5.32 Å². The molecule has 0 heterocycles. The first-order valence-corrected chi connectivity index (χ1v) is 7.30. The summed E-state index contributed by atoms with van der Waals surface area (Å²) in [6, 6.07) is 0.0434. The van der Waals surface area contributed by atoms with Crippen molar-refractivity contribution in [3.8, 4) is 0 Å². The van der Waals surface area contributed by atoms with Gasteiger partial charge in [-0.3, -0.25) is 0 Å². The van der Waals surface area contributed by atoms with E-state index in [1.54, 1.807) is 0 Å². The predicted octanol–water partition coefficient (Wildman–Crippen LogP) is 4.52. The van der Waals surface area contributed by atoms with E-state index in [9.17, 15) is 13.2 Å². The molecular formula is C14H26F3N. The first-order valence-electron chi connectivity index (χ1n) is 7.30. The Morgan fingerprint density at radius 3 is 2.39 bits per heavy atom. The Morgan fingerprint density at radius 2 is 1.83 bits per heavy atom. The first-order chi connectivity index (χ1) is 8.50. The Hall–Kier alpha value is -0.250. The second-order valence-corrected chi connectivity index (χ2v) is 5.40. The maximum absolute atomic E-state index is 13.1. The Bertz CT molecular complexity index is 228. The van der Waals surface area contributed by atoms with Crippen molar-refractivity contribution < 1.29 is 13.2 Å². The van der Waals surface area contributed by atoms with Crippen molar-refractivity contribution in [3.63, 3.8) is 0 Å². The zero-order valence-corrected chi connectivity index (χ0v) is 11.5. The molecule has 1 aliphatic rings. The molecule has 0 saturated heterocycles. The number of hydrogen-bond donors (Lipinski definition) is 1. The fourth-order valence-electron chi connectivity index (χ4n) is 3.20. The van der Waals surface area contributed by atoms with Crippen LogP contribution in [0.25, 0.3) is 0 Å². The van der Waals surface area contributed by atoms with E-state index in [-0.39, 0.29) is 12.0 Å². The number of rotatable bonds is 6. The van der Waals surface area contributed by atoms with Gasteiger partial charge in [0.2, 0.25) is 0 Å². The van der Waals surface area contributed by atoms with Crippen LogP contribution in [0.5, 0.6) is 0 Å². The minimum Gasteiger partial charge on any atom is -0.314 e. The minimum atomic E-state index is -4.02. The second-order valence-electron chi connectivity index (χ2n) is 5.40. The molecule has 1 fully saturated rings. The second kappa shape index (κ2) is 7.37. The SMILES string of the molecule is CCCCC(NCC)C1CCCCC1C(F)(F)F. The topological polar surface area (TPSA) is 12.0 Å². The van der Waals surface area contributed by atoms with Crippen molar-refractivity contribution in [2.75, 3.05) is 6.54 Å². The molecule has 0 aromatic carbocycles. The highest BCUT2D eigenvalue weighted by Crippen LogP contribution is 2.43. The maximum Gasteiger partial charge on any atom is 0.392 e. The van der Waals surface area contributed by atoms with E-state index in [1.807, 2.05) is 6.92 Å². The summed E-state index contributed by atoms with van der Waals surface area (Å²) in [6.45, 7) is 4.82. The molecule has 1 aliphatic carbocycles. The van der Waals surface area contributed by atoms with E-state index in [2.05, 4.69) is 12.2 Å². The standard InChI is InChI=1S/C14H26F3N/c1-3-5-10-13(18-4-2)11-8-6-7-9-12(11)14(15,16)17/h11-13,18H,3-10H2,1-2H3. The highest BCUT2D eigenvalue weighted by Gasteiger charge is 2.47. The summed E-state index contributed by atoms with van der Waals surface area (Å²) in [7, 11) is 0. The fraction of sp³-hybridized carbons (Fsp3) is 1.00. The largest absolute Gasteiger partial charge is 0.392 e. The van der Waals surface area contributed by atoms with Gasteiger partial charge in [0.15, 0.2) is 0 Å².